The molecule has 1 amide bonds. The first-order valence-corrected chi connectivity index (χ1v) is 9.22. The van der Waals surface area contributed by atoms with E-state index in [1.165, 1.54) is 11.0 Å². The molecule has 9 nitrogen and oxygen atoms in total. The van der Waals surface area contributed by atoms with E-state index in [0.717, 1.165) is 18.5 Å². The van der Waals surface area contributed by atoms with Crippen molar-refractivity contribution in [2.24, 2.45) is 0 Å². The standard InChI is InChI=1S/C18H23N5O4/c24-16-5-2-10-27-18(16)6-8-22(9-7-18)17(25)12-26-15-4-1-3-14(11-15)23-13-19-20-21-23/h1,3-4,11,13,16,24H,2,5-10,12H2. The highest BCUT2D eigenvalue weighted by Crippen LogP contribution is 2.35. The Morgan fingerprint density at radius 3 is 2.96 bits per heavy atom. The van der Waals surface area contributed by atoms with E-state index < -0.39 is 11.7 Å². The molecule has 0 saturated carbocycles. The van der Waals surface area contributed by atoms with E-state index in [9.17, 15) is 9.90 Å². The molecule has 2 fully saturated rings. The fourth-order valence-electron chi connectivity index (χ4n) is 3.76. The molecule has 0 bridgehead atoms. The topological polar surface area (TPSA) is 103 Å². The van der Waals surface area contributed by atoms with Crippen LogP contribution in [0, 0.1) is 0 Å². The molecule has 2 saturated heterocycles. The maximum Gasteiger partial charge on any atom is 0.260 e. The highest BCUT2D eigenvalue weighted by Gasteiger charge is 2.44. The molecule has 1 aromatic heterocycles. The van der Waals surface area contributed by atoms with Gasteiger partial charge in [0.15, 0.2) is 6.61 Å². The molecular weight excluding hydrogens is 350 g/mol. The van der Waals surface area contributed by atoms with Gasteiger partial charge in [0.25, 0.3) is 5.91 Å². The number of amides is 1. The zero-order valence-electron chi connectivity index (χ0n) is 15.0. The Bertz CT molecular complexity index is 774. The normalized spacial score (nSPS) is 22.0. The van der Waals surface area contributed by atoms with Gasteiger partial charge in [0.2, 0.25) is 0 Å². The van der Waals surface area contributed by atoms with Gasteiger partial charge in [0, 0.05) is 25.8 Å². The fraction of sp³-hybridized carbons (Fsp3) is 0.556. The smallest absolute Gasteiger partial charge is 0.260 e. The van der Waals surface area contributed by atoms with Gasteiger partial charge in [0.1, 0.15) is 12.1 Å². The average Bonchev–Trinajstić information content (AvgIpc) is 3.24. The Balaban J connectivity index is 1.31. The second-order valence-corrected chi connectivity index (χ2v) is 6.99. The highest BCUT2D eigenvalue weighted by atomic mass is 16.5. The summed E-state index contributed by atoms with van der Waals surface area (Å²) < 4.78 is 13.1. The Labute approximate surface area is 156 Å². The Morgan fingerprint density at radius 1 is 1.37 bits per heavy atom. The van der Waals surface area contributed by atoms with Crippen LogP contribution in [-0.4, -0.2) is 74.1 Å². The molecule has 0 aliphatic carbocycles. The minimum absolute atomic E-state index is 0.0323. The van der Waals surface area contributed by atoms with E-state index in [4.69, 9.17) is 9.47 Å². The van der Waals surface area contributed by atoms with E-state index >= 15 is 0 Å². The van der Waals surface area contributed by atoms with Gasteiger partial charge in [-0.15, -0.1) is 5.10 Å². The van der Waals surface area contributed by atoms with Crippen molar-refractivity contribution in [3.63, 3.8) is 0 Å². The highest BCUT2D eigenvalue weighted by molar-refractivity contribution is 5.78. The number of nitrogens with zero attached hydrogens (tertiary/aromatic N) is 5. The van der Waals surface area contributed by atoms with Crippen LogP contribution in [0.2, 0.25) is 0 Å². The van der Waals surface area contributed by atoms with Crippen molar-refractivity contribution in [1.29, 1.82) is 0 Å². The van der Waals surface area contributed by atoms with E-state index in [2.05, 4.69) is 15.5 Å². The molecule has 1 unspecified atom stereocenters. The van der Waals surface area contributed by atoms with Crippen molar-refractivity contribution in [2.75, 3.05) is 26.3 Å². The summed E-state index contributed by atoms with van der Waals surface area (Å²) in [6.45, 7) is 1.80. The molecule has 0 radical (unpaired) electrons. The first-order valence-electron chi connectivity index (χ1n) is 9.22. The molecule has 144 valence electrons. The number of tetrazole rings is 1. The van der Waals surface area contributed by atoms with Crippen LogP contribution in [0.4, 0.5) is 0 Å². The second-order valence-electron chi connectivity index (χ2n) is 6.99. The average molecular weight is 373 g/mol. The number of hydrogen-bond acceptors (Lipinski definition) is 7. The van der Waals surface area contributed by atoms with E-state index in [1.807, 2.05) is 12.1 Å². The Hall–Kier alpha value is -2.52. The molecule has 4 rings (SSSR count). The zero-order chi connectivity index (χ0) is 18.7. The van der Waals surface area contributed by atoms with E-state index in [0.29, 0.717) is 38.3 Å². The lowest BCUT2D eigenvalue weighted by molar-refractivity contribution is -0.180. The summed E-state index contributed by atoms with van der Waals surface area (Å²) in [7, 11) is 0. The third kappa shape index (κ3) is 3.79. The van der Waals surface area contributed by atoms with Crippen molar-refractivity contribution in [1.82, 2.24) is 25.1 Å². The van der Waals surface area contributed by atoms with Crippen molar-refractivity contribution >= 4 is 5.91 Å². The number of carbonyl (C=O) groups excluding carboxylic acids is 1. The molecular formula is C18H23N5O4. The number of carbonyl (C=O) groups is 1. The number of benzene rings is 1. The first-order chi connectivity index (χ1) is 13.2. The number of aliphatic hydroxyl groups excluding tert-OH is 1. The van der Waals surface area contributed by atoms with Crippen molar-refractivity contribution in [3.8, 4) is 11.4 Å². The molecule has 1 aromatic carbocycles. The minimum Gasteiger partial charge on any atom is -0.484 e. The number of ether oxygens (including phenoxy) is 2. The van der Waals surface area contributed by atoms with Gasteiger partial charge in [-0.1, -0.05) is 6.07 Å². The summed E-state index contributed by atoms with van der Waals surface area (Å²) in [5, 5.41) is 21.3. The lowest BCUT2D eigenvalue weighted by atomic mass is 9.82. The minimum atomic E-state index is -0.476. The number of aromatic nitrogens is 4. The molecule has 9 heteroatoms. The van der Waals surface area contributed by atoms with Gasteiger partial charge >= 0.3 is 0 Å². The summed E-state index contributed by atoms with van der Waals surface area (Å²) >= 11 is 0. The monoisotopic (exact) mass is 373 g/mol. The van der Waals surface area contributed by atoms with Gasteiger partial charge in [-0.2, -0.15) is 0 Å². The summed E-state index contributed by atoms with van der Waals surface area (Å²) in [6, 6.07) is 7.24. The molecule has 1 atom stereocenters. The molecule has 2 aliphatic heterocycles. The zero-order valence-corrected chi connectivity index (χ0v) is 15.0. The van der Waals surface area contributed by atoms with Crippen molar-refractivity contribution in [3.05, 3.63) is 30.6 Å². The van der Waals surface area contributed by atoms with Crippen LogP contribution in [-0.2, 0) is 9.53 Å². The van der Waals surface area contributed by atoms with Crippen LogP contribution in [0.15, 0.2) is 30.6 Å². The number of rotatable bonds is 4. The van der Waals surface area contributed by atoms with E-state index in [1.54, 1.807) is 17.0 Å². The van der Waals surface area contributed by atoms with Crippen LogP contribution < -0.4 is 4.74 Å². The van der Waals surface area contributed by atoms with E-state index in [-0.39, 0.29) is 12.5 Å². The lowest BCUT2D eigenvalue weighted by Crippen LogP contribution is -2.56. The summed E-state index contributed by atoms with van der Waals surface area (Å²) in [5.41, 5.74) is 0.282. The maximum absolute atomic E-state index is 12.5. The number of hydrogen-bond donors (Lipinski definition) is 1. The van der Waals surface area contributed by atoms with Crippen LogP contribution in [0.5, 0.6) is 5.75 Å². The second kappa shape index (κ2) is 7.61. The van der Waals surface area contributed by atoms with Gasteiger partial charge < -0.3 is 19.5 Å². The third-order valence-corrected chi connectivity index (χ3v) is 5.37. The largest absolute Gasteiger partial charge is 0.484 e. The van der Waals surface area contributed by atoms with Gasteiger partial charge in [-0.25, -0.2) is 4.68 Å². The molecule has 3 heterocycles. The van der Waals surface area contributed by atoms with Crippen LogP contribution >= 0.6 is 0 Å². The molecule has 2 aromatic rings. The summed E-state index contributed by atoms with van der Waals surface area (Å²) in [6.07, 6.45) is 4.05. The van der Waals surface area contributed by atoms with Gasteiger partial charge in [0.05, 0.1) is 17.4 Å². The first kappa shape index (κ1) is 17.9. The quantitative estimate of drug-likeness (QED) is 0.836. The summed E-state index contributed by atoms with van der Waals surface area (Å²) in [4.78, 5) is 14.3. The lowest BCUT2D eigenvalue weighted by Gasteiger charge is -2.46. The fourth-order valence-corrected chi connectivity index (χ4v) is 3.76. The molecule has 27 heavy (non-hydrogen) atoms. The van der Waals surface area contributed by atoms with Gasteiger partial charge in [-0.3, -0.25) is 4.79 Å². The van der Waals surface area contributed by atoms with Crippen molar-refractivity contribution in [2.45, 2.75) is 37.4 Å². The van der Waals surface area contributed by atoms with Crippen LogP contribution in [0.1, 0.15) is 25.7 Å². The number of likely N-dealkylation sites (tertiary alicyclic amines) is 1. The summed E-state index contributed by atoms with van der Waals surface area (Å²) in [5.74, 6) is 0.513. The Morgan fingerprint density at radius 2 is 2.22 bits per heavy atom. The predicted octanol–water partition coefficient (Wildman–Crippen LogP) is 0.574. The van der Waals surface area contributed by atoms with Crippen LogP contribution in [0.25, 0.3) is 5.69 Å². The molecule has 2 aliphatic rings. The van der Waals surface area contributed by atoms with Gasteiger partial charge in [-0.05, 0) is 48.2 Å². The maximum atomic E-state index is 12.5. The third-order valence-electron chi connectivity index (χ3n) is 5.37. The van der Waals surface area contributed by atoms with Crippen molar-refractivity contribution < 1.29 is 19.4 Å². The SMILES string of the molecule is O=C(COc1cccc(-n2cnnn2)c1)N1CCC2(CC1)OCCCC2O. The van der Waals surface area contributed by atoms with Crippen LogP contribution in [0.3, 0.4) is 0 Å². The predicted molar refractivity (Wildman–Crippen MR) is 94.4 cm³/mol. The number of aliphatic hydroxyl groups is 1. The Kier molecular flexibility index (Phi) is 5.04. The molecule has 1 N–H and O–H groups in total. The number of piperidine rings is 1. The molecule has 1 spiro atoms.